The zero-order valence-corrected chi connectivity index (χ0v) is 15.1. The highest BCUT2D eigenvalue weighted by molar-refractivity contribution is 6.03. The summed E-state index contributed by atoms with van der Waals surface area (Å²) in [5.74, 6) is -0.799. The zero-order chi connectivity index (χ0) is 18.7. The van der Waals surface area contributed by atoms with E-state index in [0.29, 0.717) is 31.0 Å². The molecule has 3 rings (SSSR count). The van der Waals surface area contributed by atoms with Crippen LogP contribution in [-0.2, 0) is 13.0 Å². The molecule has 1 aromatic heterocycles. The maximum Gasteiger partial charge on any atom is 0.291 e. The molecule has 0 fully saturated rings. The van der Waals surface area contributed by atoms with Crippen molar-refractivity contribution in [2.24, 2.45) is 0 Å². The average molecular weight is 358 g/mol. The van der Waals surface area contributed by atoms with Crippen LogP contribution in [0.1, 0.15) is 53.5 Å². The molecule has 138 valence electrons. The third-order valence-corrected chi connectivity index (χ3v) is 4.66. The quantitative estimate of drug-likeness (QED) is 0.893. The van der Waals surface area contributed by atoms with Gasteiger partial charge in [-0.2, -0.15) is 0 Å². The standard InChI is InChI=1S/C19H23FN4O2/c1-3-23(4-2)19(26)16-15-10-5-6-11-24(15)17(22-16)18(25)21-14-9-7-8-13(20)12-14/h7-9,12H,3-6,10-11H2,1-2H3,(H,21,25). The molecule has 1 N–H and O–H groups in total. The number of fused-ring (bicyclic) bond motifs is 1. The second-order valence-corrected chi connectivity index (χ2v) is 6.28. The highest BCUT2D eigenvalue weighted by Gasteiger charge is 2.29. The minimum atomic E-state index is -0.433. The summed E-state index contributed by atoms with van der Waals surface area (Å²) in [6, 6.07) is 5.71. The summed E-state index contributed by atoms with van der Waals surface area (Å²) in [7, 11) is 0. The lowest BCUT2D eigenvalue weighted by Gasteiger charge is -2.20. The van der Waals surface area contributed by atoms with E-state index in [1.54, 1.807) is 11.0 Å². The summed E-state index contributed by atoms with van der Waals surface area (Å²) in [5.41, 5.74) is 1.54. The van der Waals surface area contributed by atoms with Crippen molar-refractivity contribution in [1.29, 1.82) is 0 Å². The lowest BCUT2D eigenvalue weighted by Crippen LogP contribution is -2.31. The second kappa shape index (κ2) is 7.68. The molecule has 0 unspecified atom stereocenters. The van der Waals surface area contributed by atoms with E-state index in [0.717, 1.165) is 25.0 Å². The normalized spacial score (nSPS) is 13.2. The molecule has 6 nitrogen and oxygen atoms in total. The zero-order valence-electron chi connectivity index (χ0n) is 15.1. The van der Waals surface area contributed by atoms with Crippen LogP contribution in [0.5, 0.6) is 0 Å². The van der Waals surface area contributed by atoms with Gasteiger partial charge in [-0.25, -0.2) is 9.37 Å². The number of amides is 2. The molecule has 2 aromatic rings. The van der Waals surface area contributed by atoms with Gasteiger partial charge in [0.05, 0.1) is 5.69 Å². The first-order valence-electron chi connectivity index (χ1n) is 9.00. The Morgan fingerprint density at radius 1 is 1.27 bits per heavy atom. The van der Waals surface area contributed by atoms with Crippen LogP contribution >= 0.6 is 0 Å². The van der Waals surface area contributed by atoms with Crippen molar-refractivity contribution in [3.05, 3.63) is 47.3 Å². The molecule has 0 spiro atoms. The van der Waals surface area contributed by atoms with Crippen LogP contribution in [-0.4, -0.2) is 39.4 Å². The van der Waals surface area contributed by atoms with Gasteiger partial charge in [-0.3, -0.25) is 9.59 Å². The number of benzene rings is 1. The van der Waals surface area contributed by atoms with Crippen molar-refractivity contribution in [2.75, 3.05) is 18.4 Å². The first-order valence-corrected chi connectivity index (χ1v) is 9.00. The number of halogens is 1. The highest BCUT2D eigenvalue weighted by atomic mass is 19.1. The molecule has 0 radical (unpaired) electrons. The first-order chi connectivity index (χ1) is 12.5. The number of aromatic nitrogens is 2. The van der Waals surface area contributed by atoms with E-state index in [4.69, 9.17) is 0 Å². The number of rotatable bonds is 5. The predicted molar refractivity (Wildman–Crippen MR) is 96.8 cm³/mol. The van der Waals surface area contributed by atoms with Gasteiger partial charge in [0.2, 0.25) is 0 Å². The van der Waals surface area contributed by atoms with Gasteiger partial charge in [-0.05, 0) is 51.3 Å². The van der Waals surface area contributed by atoms with Crippen LogP contribution in [0.15, 0.2) is 24.3 Å². The second-order valence-electron chi connectivity index (χ2n) is 6.28. The molecule has 0 saturated carbocycles. The number of hydrogen-bond donors (Lipinski definition) is 1. The summed E-state index contributed by atoms with van der Waals surface area (Å²) in [5, 5.41) is 2.67. The number of imidazole rings is 1. The number of anilines is 1. The number of carbonyl (C=O) groups is 2. The lowest BCUT2D eigenvalue weighted by atomic mass is 10.1. The SMILES string of the molecule is CCN(CC)C(=O)c1nc(C(=O)Nc2cccc(F)c2)n2c1CCCC2. The maximum absolute atomic E-state index is 13.3. The van der Waals surface area contributed by atoms with Gasteiger partial charge >= 0.3 is 0 Å². The van der Waals surface area contributed by atoms with Gasteiger partial charge in [-0.15, -0.1) is 0 Å². The molecule has 0 atom stereocenters. The molecule has 7 heteroatoms. The van der Waals surface area contributed by atoms with E-state index in [2.05, 4.69) is 10.3 Å². The van der Waals surface area contributed by atoms with E-state index < -0.39 is 11.7 Å². The smallest absolute Gasteiger partial charge is 0.291 e. The van der Waals surface area contributed by atoms with Crippen molar-refractivity contribution in [1.82, 2.24) is 14.5 Å². The first kappa shape index (κ1) is 18.1. The molecule has 0 saturated heterocycles. The van der Waals surface area contributed by atoms with Crippen LogP contribution in [0, 0.1) is 5.82 Å². The Morgan fingerprint density at radius 3 is 2.73 bits per heavy atom. The molecule has 2 amide bonds. The number of nitrogens with zero attached hydrogens (tertiary/aromatic N) is 3. The third kappa shape index (κ3) is 3.47. The van der Waals surface area contributed by atoms with Crippen molar-refractivity contribution >= 4 is 17.5 Å². The molecule has 2 heterocycles. The molecule has 1 aliphatic rings. The Kier molecular flexibility index (Phi) is 5.35. The minimum absolute atomic E-state index is 0.148. The van der Waals surface area contributed by atoms with Gasteiger partial charge in [-0.1, -0.05) is 6.07 Å². The van der Waals surface area contributed by atoms with Gasteiger partial charge < -0.3 is 14.8 Å². The molecule has 1 aromatic carbocycles. The Balaban J connectivity index is 1.94. The van der Waals surface area contributed by atoms with E-state index >= 15 is 0 Å². The third-order valence-electron chi connectivity index (χ3n) is 4.66. The van der Waals surface area contributed by atoms with Gasteiger partial charge in [0.1, 0.15) is 11.5 Å². The summed E-state index contributed by atoms with van der Waals surface area (Å²) < 4.78 is 15.2. The molecule has 0 bridgehead atoms. The minimum Gasteiger partial charge on any atom is -0.338 e. The molecule has 26 heavy (non-hydrogen) atoms. The Morgan fingerprint density at radius 2 is 2.04 bits per heavy atom. The van der Waals surface area contributed by atoms with Crippen molar-refractivity contribution < 1.29 is 14.0 Å². The highest BCUT2D eigenvalue weighted by Crippen LogP contribution is 2.23. The largest absolute Gasteiger partial charge is 0.338 e. The molecule has 0 aliphatic carbocycles. The van der Waals surface area contributed by atoms with Crippen LogP contribution in [0.25, 0.3) is 0 Å². The fourth-order valence-corrected chi connectivity index (χ4v) is 3.30. The van der Waals surface area contributed by atoms with Crippen LogP contribution in [0.2, 0.25) is 0 Å². The Hall–Kier alpha value is -2.70. The van der Waals surface area contributed by atoms with E-state index in [1.807, 2.05) is 18.4 Å². The fourth-order valence-electron chi connectivity index (χ4n) is 3.30. The Bertz CT molecular complexity index is 827. The number of carbonyl (C=O) groups excluding carboxylic acids is 2. The monoisotopic (exact) mass is 358 g/mol. The fraction of sp³-hybridized carbons (Fsp3) is 0.421. The summed E-state index contributed by atoms with van der Waals surface area (Å²) in [6.45, 7) is 5.67. The van der Waals surface area contributed by atoms with E-state index in [-0.39, 0.29) is 11.7 Å². The van der Waals surface area contributed by atoms with Crippen molar-refractivity contribution in [3.63, 3.8) is 0 Å². The van der Waals surface area contributed by atoms with Crippen molar-refractivity contribution in [2.45, 2.75) is 39.7 Å². The maximum atomic E-state index is 13.3. The lowest BCUT2D eigenvalue weighted by molar-refractivity contribution is 0.0766. The predicted octanol–water partition coefficient (Wildman–Crippen LogP) is 3.09. The van der Waals surface area contributed by atoms with Crippen LogP contribution in [0.4, 0.5) is 10.1 Å². The van der Waals surface area contributed by atoms with E-state index in [9.17, 15) is 14.0 Å². The van der Waals surface area contributed by atoms with Crippen LogP contribution < -0.4 is 5.32 Å². The molecule has 1 aliphatic heterocycles. The molecular weight excluding hydrogens is 335 g/mol. The summed E-state index contributed by atoms with van der Waals surface area (Å²) in [4.78, 5) is 31.6. The Labute approximate surface area is 152 Å². The number of hydrogen-bond acceptors (Lipinski definition) is 3. The van der Waals surface area contributed by atoms with Gasteiger partial charge in [0.15, 0.2) is 5.82 Å². The average Bonchev–Trinajstić information content (AvgIpc) is 3.02. The topological polar surface area (TPSA) is 67.2 Å². The van der Waals surface area contributed by atoms with Gasteiger partial charge in [0.25, 0.3) is 11.8 Å². The summed E-state index contributed by atoms with van der Waals surface area (Å²) >= 11 is 0. The summed E-state index contributed by atoms with van der Waals surface area (Å²) in [6.07, 6.45) is 2.63. The van der Waals surface area contributed by atoms with Crippen molar-refractivity contribution in [3.8, 4) is 0 Å². The van der Waals surface area contributed by atoms with Crippen LogP contribution in [0.3, 0.4) is 0 Å². The van der Waals surface area contributed by atoms with Gasteiger partial charge in [0, 0.05) is 25.3 Å². The molecular formula is C19H23FN4O2. The number of nitrogens with one attached hydrogen (secondary N) is 1. The van der Waals surface area contributed by atoms with E-state index in [1.165, 1.54) is 18.2 Å².